The molecule has 24 heavy (non-hydrogen) atoms. The Kier molecular flexibility index (Phi) is 4.76. The first-order chi connectivity index (χ1) is 11.5. The van der Waals surface area contributed by atoms with Crippen LogP contribution in [-0.2, 0) is 15.6 Å². The van der Waals surface area contributed by atoms with E-state index in [2.05, 4.69) is 24.3 Å². The van der Waals surface area contributed by atoms with Crippen molar-refractivity contribution in [2.75, 3.05) is 27.2 Å². The predicted octanol–water partition coefficient (Wildman–Crippen LogP) is 2.87. The van der Waals surface area contributed by atoms with Crippen LogP contribution in [-0.4, -0.2) is 44.2 Å². The van der Waals surface area contributed by atoms with Crippen LogP contribution in [0.15, 0.2) is 60.7 Å². The molecule has 1 aliphatic heterocycles. The molecule has 0 aliphatic carbocycles. The van der Waals surface area contributed by atoms with Crippen LogP contribution in [0, 0.1) is 0 Å². The van der Waals surface area contributed by atoms with Crippen LogP contribution < -0.4 is 0 Å². The van der Waals surface area contributed by atoms with Gasteiger partial charge in [0, 0.05) is 32.6 Å². The Morgan fingerprint density at radius 3 is 1.88 bits per heavy atom. The molecule has 4 nitrogen and oxygen atoms in total. The lowest BCUT2D eigenvalue weighted by molar-refractivity contribution is 0.247. The quantitative estimate of drug-likeness (QED) is 0.856. The molecule has 0 unspecified atom stereocenters. The Bertz CT molecular complexity index is 734. The number of hydrogen-bond acceptors (Lipinski definition) is 2. The van der Waals surface area contributed by atoms with Crippen molar-refractivity contribution in [3.05, 3.63) is 71.8 Å². The minimum absolute atomic E-state index is 0.302. The van der Waals surface area contributed by atoms with Crippen molar-refractivity contribution in [3.63, 3.8) is 0 Å². The van der Waals surface area contributed by atoms with Gasteiger partial charge >= 0.3 is 0 Å². The van der Waals surface area contributed by atoms with Crippen molar-refractivity contribution in [1.82, 2.24) is 8.61 Å². The smallest absolute Gasteiger partial charge is 0.195 e. The van der Waals surface area contributed by atoms with Crippen LogP contribution in [0.2, 0.25) is 0 Å². The number of rotatable bonds is 4. The van der Waals surface area contributed by atoms with E-state index in [0.29, 0.717) is 13.1 Å². The van der Waals surface area contributed by atoms with Gasteiger partial charge in [0.05, 0.1) is 0 Å². The Balaban J connectivity index is 2.10. The predicted molar refractivity (Wildman–Crippen MR) is 97.1 cm³/mol. The minimum atomic E-state index is -3.42. The second kappa shape index (κ2) is 6.67. The van der Waals surface area contributed by atoms with E-state index in [1.807, 2.05) is 36.4 Å². The third kappa shape index (κ3) is 2.99. The number of nitrogens with zero attached hydrogens (tertiary/aromatic N) is 2. The summed E-state index contributed by atoms with van der Waals surface area (Å²) in [4.78, 5) is 0. The fourth-order valence-corrected chi connectivity index (χ4v) is 4.80. The van der Waals surface area contributed by atoms with Crippen LogP contribution in [0.3, 0.4) is 0 Å². The van der Waals surface area contributed by atoms with Gasteiger partial charge in [0.15, 0.2) is 0 Å². The number of benzene rings is 2. The van der Waals surface area contributed by atoms with Crippen LogP contribution in [0.4, 0.5) is 0 Å². The van der Waals surface area contributed by atoms with Crippen molar-refractivity contribution < 1.29 is 8.42 Å². The van der Waals surface area contributed by atoms with Gasteiger partial charge in [-0.3, -0.25) is 0 Å². The first kappa shape index (κ1) is 17.1. The second-order valence-electron chi connectivity index (χ2n) is 6.54. The Morgan fingerprint density at radius 1 is 0.917 bits per heavy atom. The molecule has 3 rings (SSSR count). The van der Waals surface area contributed by atoms with E-state index in [1.54, 1.807) is 18.4 Å². The lowest BCUT2D eigenvalue weighted by Gasteiger charge is -2.43. The molecule has 0 saturated carbocycles. The molecule has 1 aliphatic rings. The summed E-state index contributed by atoms with van der Waals surface area (Å²) in [5, 5.41) is 0. The van der Waals surface area contributed by atoms with E-state index in [9.17, 15) is 8.42 Å². The fraction of sp³-hybridized carbons (Fsp3) is 0.368. The van der Waals surface area contributed by atoms with Crippen molar-refractivity contribution in [2.24, 2.45) is 0 Å². The van der Waals surface area contributed by atoms with E-state index in [1.165, 1.54) is 15.4 Å². The monoisotopic (exact) mass is 344 g/mol. The summed E-state index contributed by atoms with van der Waals surface area (Å²) in [6.45, 7) is 1.05. The molecule has 1 fully saturated rings. The van der Waals surface area contributed by atoms with Crippen LogP contribution in [0.25, 0.3) is 0 Å². The topological polar surface area (TPSA) is 40.6 Å². The SMILES string of the molecule is CN(C)S(=O)(=O)N1CCCC(c2ccccc2)(c2ccccc2)C1. The standard InChI is InChI=1S/C19H24N2O2S/c1-20(2)24(22,23)21-15-9-14-19(16-21,17-10-5-3-6-11-17)18-12-7-4-8-13-18/h3-8,10-13H,9,14-16H2,1-2H3. The third-order valence-electron chi connectivity index (χ3n) is 4.90. The Labute approximate surface area is 144 Å². The van der Waals surface area contributed by atoms with Gasteiger partial charge in [0.2, 0.25) is 0 Å². The summed E-state index contributed by atoms with van der Waals surface area (Å²) in [5.41, 5.74) is 2.05. The van der Waals surface area contributed by atoms with E-state index in [4.69, 9.17) is 0 Å². The van der Waals surface area contributed by atoms with E-state index in [0.717, 1.165) is 12.8 Å². The van der Waals surface area contributed by atoms with Crippen LogP contribution in [0.5, 0.6) is 0 Å². The molecule has 0 radical (unpaired) electrons. The molecule has 2 aromatic carbocycles. The zero-order valence-corrected chi connectivity index (χ0v) is 15.0. The normalized spacial score (nSPS) is 18.6. The summed E-state index contributed by atoms with van der Waals surface area (Å²) >= 11 is 0. The molecule has 0 atom stereocenters. The van der Waals surface area contributed by atoms with Gasteiger partial charge in [-0.25, -0.2) is 0 Å². The van der Waals surface area contributed by atoms with Gasteiger partial charge in [0.25, 0.3) is 10.2 Å². The zero-order valence-electron chi connectivity index (χ0n) is 14.2. The molecular formula is C19H24N2O2S. The maximum Gasteiger partial charge on any atom is 0.281 e. The minimum Gasteiger partial charge on any atom is -0.195 e. The highest BCUT2D eigenvalue weighted by Crippen LogP contribution is 2.41. The molecule has 0 spiro atoms. The van der Waals surface area contributed by atoms with Crippen molar-refractivity contribution in [1.29, 1.82) is 0 Å². The second-order valence-corrected chi connectivity index (χ2v) is 8.68. The largest absolute Gasteiger partial charge is 0.281 e. The van der Waals surface area contributed by atoms with Gasteiger partial charge < -0.3 is 0 Å². The third-order valence-corrected chi connectivity index (χ3v) is 6.78. The van der Waals surface area contributed by atoms with Crippen molar-refractivity contribution >= 4 is 10.2 Å². The summed E-state index contributed by atoms with van der Waals surface area (Å²) in [5.74, 6) is 0. The average Bonchev–Trinajstić information content (AvgIpc) is 2.63. The molecule has 0 amide bonds. The van der Waals surface area contributed by atoms with E-state index in [-0.39, 0.29) is 5.41 Å². The Hall–Kier alpha value is -1.69. The molecule has 0 N–H and O–H groups in total. The summed E-state index contributed by atoms with van der Waals surface area (Å²) < 4.78 is 28.3. The molecule has 0 aromatic heterocycles. The Morgan fingerprint density at radius 2 is 1.42 bits per heavy atom. The van der Waals surface area contributed by atoms with E-state index >= 15 is 0 Å². The maximum absolute atomic E-state index is 12.7. The molecular weight excluding hydrogens is 320 g/mol. The van der Waals surface area contributed by atoms with Gasteiger partial charge in [-0.15, -0.1) is 0 Å². The first-order valence-corrected chi connectivity index (χ1v) is 9.65. The van der Waals surface area contributed by atoms with Gasteiger partial charge in [-0.05, 0) is 24.0 Å². The van der Waals surface area contributed by atoms with E-state index < -0.39 is 10.2 Å². The summed E-state index contributed by atoms with van der Waals surface area (Å²) in [6, 6.07) is 20.5. The molecule has 2 aromatic rings. The van der Waals surface area contributed by atoms with Crippen LogP contribution in [0.1, 0.15) is 24.0 Å². The summed E-state index contributed by atoms with van der Waals surface area (Å²) in [6.07, 6.45) is 1.79. The highest BCUT2D eigenvalue weighted by Gasteiger charge is 2.42. The number of piperidine rings is 1. The molecule has 0 bridgehead atoms. The zero-order chi connectivity index (χ0) is 17.2. The van der Waals surface area contributed by atoms with Crippen molar-refractivity contribution in [2.45, 2.75) is 18.3 Å². The maximum atomic E-state index is 12.7. The van der Waals surface area contributed by atoms with Gasteiger partial charge in [0.1, 0.15) is 0 Å². The fourth-order valence-electron chi connectivity index (χ4n) is 3.60. The summed E-state index contributed by atoms with van der Waals surface area (Å²) in [7, 11) is -0.233. The van der Waals surface area contributed by atoms with Crippen molar-refractivity contribution in [3.8, 4) is 0 Å². The molecule has 1 saturated heterocycles. The van der Waals surface area contributed by atoms with Crippen LogP contribution >= 0.6 is 0 Å². The molecule has 1 heterocycles. The average molecular weight is 344 g/mol. The lowest BCUT2D eigenvalue weighted by atomic mass is 9.70. The van der Waals surface area contributed by atoms with Gasteiger partial charge in [-0.2, -0.15) is 17.0 Å². The molecule has 5 heteroatoms. The highest BCUT2D eigenvalue weighted by molar-refractivity contribution is 7.86. The highest BCUT2D eigenvalue weighted by atomic mass is 32.2. The lowest BCUT2D eigenvalue weighted by Crippen LogP contribution is -2.52. The first-order valence-electron chi connectivity index (χ1n) is 8.25. The number of hydrogen-bond donors (Lipinski definition) is 0. The van der Waals surface area contributed by atoms with Gasteiger partial charge in [-0.1, -0.05) is 60.7 Å². The molecule has 128 valence electrons.